The second-order valence-electron chi connectivity index (χ2n) is 6.94. The fourth-order valence-corrected chi connectivity index (χ4v) is 3.15. The van der Waals surface area contributed by atoms with Crippen LogP contribution in [-0.4, -0.2) is 40.9 Å². The van der Waals surface area contributed by atoms with Gasteiger partial charge >= 0.3 is 0 Å². The number of rotatable bonds is 7. The highest BCUT2D eigenvalue weighted by atomic mass is 16.3. The standard InChI is InChI=1S/C22H23N3O4/c1-14(2)15-7-3-5-9-17(15)24-21(28)16-8-4-6-10-18(16)23-19-13-20(27)25(11-12-26)22(19)29/h3-10,13-14,23,26H,11-12H2,1-2H3,(H,24,28). The minimum atomic E-state index is -0.538. The number of hydrogen-bond acceptors (Lipinski definition) is 5. The molecule has 0 unspecified atom stereocenters. The maximum Gasteiger partial charge on any atom is 0.277 e. The molecule has 3 N–H and O–H groups in total. The first-order valence-electron chi connectivity index (χ1n) is 9.37. The van der Waals surface area contributed by atoms with Gasteiger partial charge in [0.2, 0.25) is 0 Å². The fraction of sp³-hybridized carbons (Fsp3) is 0.227. The molecule has 0 bridgehead atoms. The van der Waals surface area contributed by atoms with E-state index in [9.17, 15) is 14.4 Å². The van der Waals surface area contributed by atoms with Gasteiger partial charge in [0, 0.05) is 11.8 Å². The number of para-hydroxylation sites is 2. The Kier molecular flexibility index (Phi) is 6.09. The molecule has 0 aliphatic carbocycles. The number of hydrogen-bond donors (Lipinski definition) is 3. The minimum Gasteiger partial charge on any atom is -0.395 e. The lowest BCUT2D eigenvalue weighted by Crippen LogP contribution is -2.34. The molecule has 0 saturated heterocycles. The number of β-amino-alcohol motifs (C(OH)–C–C–N with tert-alkyl or cyclic N) is 1. The number of carbonyl (C=O) groups is 3. The van der Waals surface area contributed by atoms with Crippen LogP contribution in [0, 0.1) is 0 Å². The van der Waals surface area contributed by atoms with E-state index in [2.05, 4.69) is 10.6 Å². The number of nitrogens with one attached hydrogen (secondary N) is 2. The molecule has 1 heterocycles. The molecule has 3 rings (SSSR count). The van der Waals surface area contributed by atoms with Gasteiger partial charge in [-0.2, -0.15) is 0 Å². The third-order valence-corrected chi connectivity index (χ3v) is 4.61. The summed E-state index contributed by atoms with van der Waals surface area (Å²) < 4.78 is 0. The highest BCUT2D eigenvalue weighted by Crippen LogP contribution is 2.26. The molecule has 0 radical (unpaired) electrons. The van der Waals surface area contributed by atoms with Gasteiger partial charge in [-0.25, -0.2) is 0 Å². The summed E-state index contributed by atoms with van der Waals surface area (Å²) in [5.41, 5.74) is 2.55. The van der Waals surface area contributed by atoms with Crippen LogP contribution < -0.4 is 10.6 Å². The van der Waals surface area contributed by atoms with E-state index >= 15 is 0 Å². The molecule has 1 aliphatic rings. The van der Waals surface area contributed by atoms with E-state index in [-0.39, 0.29) is 30.7 Å². The van der Waals surface area contributed by atoms with Crippen LogP contribution in [0.25, 0.3) is 0 Å². The lowest BCUT2D eigenvalue weighted by molar-refractivity contribution is -0.137. The predicted molar refractivity (Wildman–Crippen MR) is 110 cm³/mol. The number of nitrogens with zero attached hydrogens (tertiary/aromatic N) is 1. The van der Waals surface area contributed by atoms with Gasteiger partial charge < -0.3 is 15.7 Å². The van der Waals surface area contributed by atoms with Gasteiger partial charge in [0.05, 0.1) is 24.4 Å². The van der Waals surface area contributed by atoms with Gasteiger partial charge in [0.15, 0.2) is 0 Å². The first-order valence-corrected chi connectivity index (χ1v) is 9.37. The van der Waals surface area contributed by atoms with Crippen molar-refractivity contribution >= 4 is 29.1 Å². The maximum atomic E-state index is 12.9. The number of benzene rings is 2. The van der Waals surface area contributed by atoms with Crippen LogP contribution in [-0.2, 0) is 9.59 Å². The molecule has 2 aromatic carbocycles. The zero-order chi connectivity index (χ0) is 21.0. The van der Waals surface area contributed by atoms with Crippen LogP contribution in [0.4, 0.5) is 11.4 Å². The van der Waals surface area contributed by atoms with Crippen molar-refractivity contribution in [2.24, 2.45) is 0 Å². The van der Waals surface area contributed by atoms with Crippen molar-refractivity contribution in [1.82, 2.24) is 4.90 Å². The molecule has 3 amide bonds. The topological polar surface area (TPSA) is 98.7 Å². The van der Waals surface area contributed by atoms with Crippen LogP contribution in [0.5, 0.6) is 0 Å². The number of amides is 3. The molecular formula is C22H23N3O4. The number of aliphatic hydroxyl groups is 1. The molecule has 1 aliphatic heterocycles. The summed E-state index contributed by atoms with van der Waals surface area (Å²) in [6, 6.07) is 14.4. The van der Waals surface area contributed by atoms with Gasteiger partial charge in [-0.15, -0.1) is 0 Å². The van der Waals surface area contributed by atoms with Crippen LogP contribution in [0.15, 0.2) is 60.3 Å². The van der Waals surface area contributed by atoms with E-state index < -0.39 is 11.8 Å². The molecule has 7 heteroatoms. The Bertz CT molecular complexity index is 982. The van der Waals surface area contributed by atoms with Crippen molar-refractivity contribution in [2.45, 2.75) is 19.8 Å². The fourth-order valence-electron chi connectivity index (χ4n) is 3.15. The first-order chi connectivity index (χ1) is 13.9. The van der Waals surface area contributed by atoms with Crippen LogP contribution in [0.3, 0.4) is 0 Å². The van der Waals surface area contributed by atoms with Crippen molar-refractivity contribution < 1.29 is 19.5 Å². The van der Waals surface area contributed by atoms with Gasteiger partial charge in [-0.05, 0) is 29.7 Å². The third kappa shape index (κ3) is 4.35. The zero-order valence-electron chi connectivity index (χ0n) is 16.3. The Morgan fingerprint density at radius 1 is 1.03 bits per heavy atom. The monoisotopic (exact) mass is 393 g/mol. The van der Waals surface area contributed by atoms with E-state index in [4.69, 9.17) is 5.11 Å². The predicted octanol–water partition coefficient (Wildman–Crippen LogP) is 2.72. The highest BCUT2D eigenvalue weighted by molar-refractivity contribution is 6.18. The van der Waals surface area contributed by atoms with Crippen molar-refractivity contribution in [3.05, 3.63) is 71.4 Å². The number of aliphatic hydroxyl groups excluding tert-OH is 1. The molecule has 2 aromatic rings. The smallest absolute Gasteiger partial charge is 0.277 e. The molecule has 29 heavy (non-hydrogen) atoms. The van der Waals surface area contributed by atoms with Gasteiger partial charge in [0.25, 0.3) is 17.7 Å². The molecule has 0 aromatic heterocycles. The Balaban J connectivity index is 1.83. The summed E-state index contributed by atoms with van der Waals surface area (Å²) in [5.74, 6) is -1.13. The average Bonchev–Trinajstić information content (AvgIpc) is 2.96. The van der Waals surface area contributed by atoms with E-state index in [1.54, 1.807) is 24.3 Å². The molecule has 0 fully saturated rings. The van der Waals surface area contributed by atoms with Gasteiger partial charge in [-0.1, -0.05) is 44.2 Å². The lowest BCUT2D eigenvalue weighted by Gasteiger charge is -2.16. The Labute approximate surface area is 169 Å². The summed E-state index contributed by atoms with van der Waals surface area (Å²) in [4.78, 5) is 38.2. The lowest BCUT2D eigenvalue weighted by atomic mass is 10.0. The van der Waals surface area contributed by atoms with Crippen LogP contribution in [0.1, 0.15) is 35.7 Å². The SMILES string of the molecule is CC(C)c1ccccc1NC(=O)c1ccccc1NC1=CC(=O)N(CCO)C1=O. The molecular weight excluding hydrogens is 370 g/mol. The summed E-state index contributed by atoms with van der Waals surface area (Å²) in [5, 5.41) is 14.8. The Morgan fingerprint density at radius 2 is 1.69 bits per heavy atom. The van der Waals surface area contributed by atoms with Crippen molar-refractivity contribution in [3.8, 4) is 0 Å². The van der Waals surface area contributed by atoms with Gasteiger partial charge in [-0.3, -0.25) is 19.3 Å². The van der Waals surface area contributed by atoms with Crippen LogP contribution in [0.2, 0.25) is 0 Å². The average molecular weight is 393 g/mol. The number of imide groups is 1. The van der Waals surface area contributed by atoms with E-state index in [1.165, 1.54) is 6.08 Å². The molecule has 0 saturated carbocycles. The van der Waals surface area contributed by atoms with Crippen LogP contribution >= 0.6 is 0 Å². The Morgan fingerprint density at radius 3 is 2.38 bits per heavy atom. The second kappa shape index (κ2) is 8.70. The molecule has 7 nitrogen and oxygen atoms in total. The largest absolute Gasteiger partial charge is 0.395 e. The molecule has 0 atom stereocenters. The summed E-state index contributed by atoms with van der Waals surface area (Å²) >= 11 is 0. The minimum absolute atomic E-state index is 0.0614. The number of anilines is 2. The highest BCUT2D eigenvalue weighted by Gasteiger charge is 2.31. The Hall–Kier alpha value is -3.45. The molecule has 150 valence electrons. The summed E-state index contributed by atoms with van der Waals surface area (Å²) in [7, 11) is 0. The van der Waals surface area contributed by atoms with Crippen molar-refractivity contribution in [2.75, 3.05) is 23.8 Å². The second-order valence-corrected chi connectivity index (χ2v) is 6.94. The summed E-state index contributed by atoms with van der Waals surface area (Å²) in [6.45, 7) is 3.71. The van der Waals surface area contributed by atoms with E-state index in [0.29, 0.717) is 11.3 Å². The zero-order valence-corrected chi connectivity index (χ0v) is 16.3. The quantitative estimate of drug-likeness (QED) is 0.628. The number of carbonyl (C=O) groups excluding carboxylic acids is 3. The first kappa shape index (κ1) is 20.3. The van der Waals surface area contributed by atoms with Crippen molar-refractivity contribution in [1.29, 1.82) is 0 Å². The van der Waals surface area contributed by atoms with Gasteiger partial charge in [0.1, 0.15) is 5.70 Å². The third-order valence-electron chi connectivity index (χ3n) is 4.61. The van der Waals surface area contributed by atoms with Crippen molar-refractivity contribution in [3.63, 3.8) is 0 Å². The molecule has 0 spiro atoms. The summed E-state index contributed by atoms with van der Waals surface area (Å²) in [6.07, 6.45) is 1.17. The normalized spacial score (nSPS) is 13.7. The van der Waals surface area contributed by atoms with E-state index in [1.807, 2.05) is 38.1 Å². The maximum absolute atomic E-state index is 12.9. The van der Waals surface area contributed by atoms with E-state index in [0.717, 1.165) is 16.2 Å².